The molecule has 0 atom stereocenters. The maximum Gasteiger partial charge on any atom is 0.252 e. The molecule has 4 rings (SSSR count). The van der Waals surface area contributed by atoms with Gasteiger partial charge in [-0.2, -0.15) is 4.98 Å². The molecule has 9 heteroatoms. The SMILES string of the molecule is O=C(Cc1nc2ncccn2n1)NCc1cccnc1N1CCOCC1. The van der Waals surface area contributed by atoms with E-state index in [-0.39, 0.29) is 12.3 Å². The van der Waals surface area contributed by atoms with E-state index < -0.39 is 0 Å². The number of morpholine rings is 1. The molecule has 4 heterocycles. The highest BCUT2D eigenvalue weighted by Crippen LogP contribution is 2.18. The van der Waals surface area contributed by atoms with Crippen LogP contribution in [0.4, 0.5) is 5.82 Å². The number of anilines is 1. The van der Waals surface area contributed by atoms with Crippen LogP contribution in [0.1, 0.15) is 11.4 Å². The highest BCUT2D eigenvalue weighted by molar-refractivity contribution is 5.78. The molecule has 1 N–H and O–H groups in total. The minimum Gasteiger partial charge on any atom is -0.378 e. The molecule has 0 saturated carbocycles. The summed E-state index contributed by atoms with van der Waals surface area (Å²) in [6.45, 7) is 3.39. The highest BCUT2D eigenvalue weighted by atomic mass is 16.5. The van der Waals surface area contributed by atoms with Gasteiger partial charge in [-0.1, -0.05) is 6.07 Å². The monoisotopic (exact) mass is 353 g/mol. The van der Waals surface area contributed by atoms with Crippen molar-refractivity contribution in [1.82, 2.24) is 29.9 Å². The Hall–Kier alpha value is -3.07. The van der Waals surface area contributed by atoms with Crippen LogP contribution in [0.3, 0.4) is 0 Å². The summed E-state index contributed by atoms with van der Waals surface area (Å²) >= 11 is 0. The molecule has 26 heavy (non-hydrogen) atoms. The van der Waals surface area contributed by atoms with E-state index in [1.807, 2.05) is 12.1 Å². The van der Waals surface area contributed by atoms with Crippen molar-refractivity contribution >= 4 is 17.5 Å². The Morgan fingerprint density at radius 2 is 2.04 bits per heavy atom. The molecule has 1 fully saturated rings. The summed E-state index contributed by atoms with van der Waals surface area (Å²) in [5.74, 6) is 1.68. The fourth-order valence-electron chi connectivity index (χ4n) is 2.88. The minimum absolute atomic E-state index is 0.108. The normalized spacial score (nSPS) is 14.5. The molecular weight excluding hydrogens is 334 g/mol. The number of aromatic nitrogens is 5. The molecule has 3 aromatic heterocycles. The van der Waals surface area contributed by atoms with Crippen LogP contribution in [0.25, 0.3) is 5.78 Å². The Morgan fingerprint density at radius 3 is 2.88 bits per heavy atom. The van der Waals surface area contributed by atoms with Crippen LogP contribution in [-0.2, 0) is 22.5 Å². The number of ether oxygens (including phenoxy) is 1. The van der Waals surface area contributed by atoms with E-state index >= 15 is 0 Å². The van der Waals surface area contributed by atoms with Crippen LogP contribution in [0.2, 0.25) is 0 Å². The van der Waals surface area contributed by atoms with E-state index in [9.17, 15) is 4.79 Å². The lowest BCUT2D eigenvalue weighted by atomic mass is 10.2. The molecular formula is C17H19N7O2. The Balaban J connectivity index is 1.40. The third kappa shape index (κ3) is 3.62. The Kier molecular flexibility index (Phi) is 4.69. The van der Waals surface area contributed by atoms with Gasteiger partial charge in [0.2, 0.25) is 5.91 Å². The number of carbonyl (C=O) groups excluding carboxylic acids is 1. The number of carbonyl (C=O) groups is 1. The molecule has 3 aromatic rings. The molecule has 1 amide bonds. The predicted octanol–water partition coefficient (Wildman–Crippen LogP) is 0.215. The number of rotatable bonds is 5. The van der Waals surface area contributed by atoms with E-state index in [0.717, 1.165) is 24.5 Å². The van der Waals surface area contributed by atoms with E-state index in [2.05, 4.69) is 30.3 Å². The van der Waals surface area contributed by atoms with Gasteiger partial charge in [-0.15, -0.1) is 5.10 Å². The van der Waals surface area contributed by atoms with Crippen molar-refractivity contribution in [3.05, 3.63) is 48.2 Å². The first-order valence-electron chi connectivity index (χ1n) is 8.49. The molecule has 0 radical (unpaired) electrons. The molecule has 0 spiro atoms. The second-order valence-electron chi connectivity index (χ2n) is 5.93. The molecule has 1 aliphatic rings. The standard InChI is InChI=1S/C17H19N7O2/c25-15(11-14-21-17-19-5-2-6-24(17)22-14)20-12-13-3-1-4-18-16(13)23-7-9-26-10-8-23/h1-6H,7-12H2,(H,20,25). The largest absolute Gasteiger partial charge is 0.378 e. The average molecular weight is 353 g/mol. The van der Waals surface area contributed by atoms with E-state index in [1.165, 1.54) is 0 Å². The van der Waals surface area contributed by atoms with Gasteiger partial charge in [-0.25, -0.2) is 14.5 Å². The first kappa shape index (κ1) is 16.4. The van der Waals surface area contributed by atoms with Gasteiger partial charge in [0.15, 0.2) is 5.82 Å². The van der Waals surface area contributed by atoms with E-state index in [4.69, 9.17) is 4.74 Å². The zero-order chi connectivity index (χ0) is 17.8. The molecule has 0 unspecified atom stereocenters. The summed E-state index contributed by atoms with van der Waals surface area (Å²) in [5.41, 5.74) is 0.979. The van der Waals surface area contributed by atoms with Crippen LogP contribution in [0, 0.1) is 0 Å². The van der Waals surface area contributed by atoms with Crippen molar-refractivity contribution in [1.29, 1.82) is 0 Å². The van der Waals surface area contributed by atoms with Gasteiger partial charge in [-0.05, 0) is 12.1 Å². The summed E-state index contributed by atoms with van der Waals surface area (Å²) in [7, 11) is 0. The quantitative estimate of drug-likeness (QED) is 0.700. The van der Waals surface area contributed by atoms with Gasteiger partial charge < -0.3 is 15.0 Å². The van der Waals surface area contributed by atoms with Crippen LogP contribution in [0.15, 0.2) is 36.8 Å². The Labute approximate surface area is 150 Å². The molecule has 0 aliphatic carbocycles. The van der Waals surface area contributed by atoms with Crippen LogP contribution in [-0.4, -0.2) is 56.8 Å². The summed E-state index contributed by atoms with van der Waals surface area (Å²) in [6, 6.07) is 5.62. The molecule has 0 aromatic carbocycles. The first-order chi connectivity index (χ1) is 12.8. The molecule has 9 nitrogen and oxygen atoms in total. The van der Waals surface area contributed by atoms with Crippen LogP contribution >= 0.6 is 0 Å². The van der Waals surface area contributed by atoms with E-state index in [0.29, 0.717) is 31.4 Å². The highest BCUT2D eigenvalue weighted by Gasteiger charge is 2.16. The fourth-order valence-corrected chi connectivity index (χ4v) is 2.88. The lowest BCUT2D eigenvalue weighted by Gasteiger charge is -2.29. The first-order valence-corrected chi connectivity index (χ1v) is 8.49. The Morgan fingerprint density at radius 1 is 1.19 bits per heavy atom. The maximum atomic E-state index is 12.3. The van der Waals surface area contributed by atoms with E-state index in [1.54, 1.807) is 29.2 Å². The third-order valence-electron chi connectivity index (χ3n) is 4.13. The topological polar surface area (TPSA) is 97.5 Å². The number of nitrogens with one attached hydrogen (secondary N) is 1. The average Bonchev–Trinajstić information content (AvgIpc) is 3.09. The van der Waals surface area contributed by atoms with Crippen molar-refractivity contribution in [3.8, 4) is 0 Å². The molecule has 1 aliphatic heterocycles. The van der Waals surface area contributed by atoms with Gasteiger partial charge in [0, 0.05) is 43.8 Å². The zero-order valence-electron chi connectivity index (χ0n) is 14.2. The van der Waals surface area contributed by atoms with Gasteiger partial charge in [0.1, 0.15) is 5.82 Å². The van der Waals surface area contributed by atoms with Gasteiger partial charge in [0.25, 0.3) is 5.78 Å². The molecule has 1 saturated heterocycles. The fraction of sp³-hybridized carbons (Fsp3) is 0.353. The van der Waals surface area contributed by atoms with Crippen molar-refractivity contribution in [2.75, 3.05) is 31.2 Å². The summed E-state index contributed by atoms with van der Waals surface area (Å²) in [4.78, 5) is 27.3. The Bertz CT molecular complexity index is 872. The van der Waals surface area contributed by atoms with Crippen molar-refractivity contribution < 1.29 is 9.53 Å². The molecule has 134 valence electrons. The number of pyridine rings is 1. The number of amides is 1. The number of fused-ring (bicyclic) bond motifs is 1. The lowest BCUT2D eigenvalue weighted by molar-refractivity contribution is -0.120. The van der Waals surface area contributed by atoms with Crippen molar-refractivity contribution in [2.24, 2.45) is 0 Å². The van der Waals surface area contributed by atoms with Gasteiger partial charge >= 0.3 is 0 Å². The second kappa shape index (κ2) is 7.44. The zero-order valence-corrected chi connectivity index (χ0v) is 14.2. The van der Waals surface area contributed by atoms with Crippen molar-refractivity contribution in [2.45, 2.75) is 13.0 Å². The lowest BCUT2D eigenvalue weighted by Crippen LogP contribution is -2.38. The van der Waals surface area contributed by atoms with Crippen LogP contribution in [0.5, 0.6) is 0 Å². The second-order valence-corrected chi connectivity index (χ2v) is 5.93. The number of nitrogens with zero attached hydrogens (tertiary/aromatic N) is 6. The molecule has 0 bridgehead atoms. The van der Waals surface area contributed by atoms with Crippen LogP contribution < -0.4 is 10.2 Å². The minimum atomic E-state index is -0.141. The smallest absolute Gasteiger partial charge is 0.252 e. The third-order valence-corrected chi connectivity index (χ3v) is 4.13. The summed E-state index contributed by atoms with van der Waals surface area (Å²) in [5, 5.41) is 7.17. The maximum absolute atomic E-state index is 12.3. The number of hydrogen-bond donors (Lipinski definition) is 1. The van der Waals surface area contributed by atoms with Gasteiger partial charge in [0.05, 0.1) is 19.6 Å². The van der Waals surface area contributed by atoms with Gasteiger partial charge in [-0.3, -0.25) is 4.79 Å². The predicted molar refractivity (Wildman–Crippen MR) is 93.6 cm³/mol. The van der Waals surface area contributed by atoms with Crippen molar-refractivity contribution in [3.63, 3.8) is 0 Å². The summed E-state index contributed by atoms with van der Waals surface area (Å²) in [6.07, 6.45) is 5.27. The summed E-state index contributed by atoms with van der Waals surface area (Å²) < 4.78 is 6.95. The number of hydrogen-bond acceptors (Lipinski definition) is 7.